The van der Waals surface area contributed by atoms with Crippen LogP contribution < -0.4 is 5.73 Å². The zero-order chi connectivity index (χ0) is 14.7. The normalized spacial score (nSPS) is 14.6. The molecule has 2 N–H and O–H groups in total. The van der Waals surface area contributed by atoms with Gasteiger partial charge in [-0.25, -0.2) is 0 Å². The van der Waals surface area contributed by atoms with E-state index in [0.29, 0.717) is 12.5 Å². The first-order valence-corrected chi connectivity index (χ1v) is 7.49. The second-order valence-corrected chi connectivity index (χ2v) is 5.22. The highest BCUT2D eigenvalue weighted by atomic mass is 16.5. The zero-order valence-electron chi connectivity index (χ0n) is 13.1. The Hall–Kier alpha value is -0.630. The first kappa shape index (κ1) is 18.4. The van der Waals surface area contributed by atoms with Crippen molar-refractivity contribution in [2.75, 3.05) is 26.8 Å². The number of nitrogens with zero attached hydrogens (tertiary/aromatic N) is 2. The monoisotopic (exact) mass is 269 g/mol. The van der Waals surface area contributed by atoms with Gasteiger partial charge >= 0.3 is 0 Å². The zero-order valence-corrected chi connectivity index (χ0v) is 13.1. The molecule has 0 heterocycles. The fourth-order valence-corrected chi connectivity index (χ4v) is 2.40. The van der Waals surface area contributed by atoms with Crippen LogP contribution in [0.25, 0.3) is 0 Å². The van der Waals surface area contributed by atoms with Crippen LogP contribution in [0.5, 0.6) is 0 Å². The Bertz CT molecular complexity index is 261. The standard InChI is InChI=1S/C15H31N3O/c1-5-14(6-2)18(11-12-19-4)10-8-9-15(17,7-3)13-16/h14H,5-12,17H2,1-4H3. The summed E-state index contributed by atoms with van der Waals surface area (Å²) in [4.78, 5) is 2.47. The second-order valence-electron chi connectivity index (χ2n) is 5.22. The quantitative estimate of drug-likeness (QED) is 0.626. The number of ether oxygens (including phenoxy) is 1. The van der Waals surface area contributed by atoms with Crippen LogP contribution in [0.2, 0.25) is 0 Å². The van der Waals surface area contributed by atoms with Gasteiger partial charge in [0.1, 0.15) is 5.54 Å². The number of methoxy groups -OCH3 is 1. The van der Waals surface area contributed by atoms with E-state index < -0.39 is 5.54 Å². The summed E-state index contributed by atoms with van der Waals surface area (Å²) in [6, 6.07) is 2.84. The van der Waals surface area contributed by atoms with Crippen LogP contribution in [0.1, 0.15) is 52.9 Å². The molecule has 0 spiro atoms. The Morgan fingerprint density at radius 2 is 1.89 bits per heavy atom. The van der Waals surface area contributed by atoms with E-state index in [1.165, 1.54) is 0 Å². The number of nitriles is 1. The van der Waals surface area contributed by atoms with Crippen LogP contribution >= 0.6 is 0 Å². The maximum atomic E-state index is 9.08. The average molecular weight is 269 g/mol. The molecule has 112 valence electrons. The second kappa shape index (κ2) is 10.2. The Morgan fingerprint density at radius 1 is 1.26 bits per heavy atom. The number of hydrogen-bond donors (Lipinski definition) is 1. The van der Waals surface area contributed by atoms with Crippen molar-refractivity contribution in [1.29, 1.82) is 5.26 Å². The molecule has 0 fully saturated rings. The van der Waals surface area contributed by atoms with Gasteiger partial charge in [0.15, 0.2) is 0 Å². The molecule has 0 amide bonds. The lowest BCUT2D eigenvalue weighted by Gasteiger charge is -2.31. The molecule has 1 atom stereocenters. The van der Waals surface area contributed by atoms with Crippen molar-refractivity contribution in [3.05, 3.63) is 0 Å². The van der Waals surface area contributed by atoms with E-state index in [2.05, 4.69) is 24.8 Å². The van der Waals surface area contributed by atoms with Crippen LogP contribution in [0.15, 0.2) is 0 Å². The molecule has 0 bridgehead atoms. The van der Waals surface area contributed by atoms with Crippen molar-refractivity contribution in [2.45, 2.75) is 64.5 Å². The van der Waals surface area contributed by atoms with Crippen LogP contribution in [0.3, 0.4) is 0 Å². The summed E-state index contributed by atoms with van der Waals surface area (Å²) in [5.41, 5.74) is 5.37. The van der Waals surface area contributed by atoms with Gasteiger partial charge in [-0.3, -0.25) is 4.90 Å². The molecular formula is C15H31N3O. The van der Waals surface area contributed by atoms with Gasteiger partial charge in [-0.1, -0.05) is 20.8 Å². The highest BCUT2D eigenvalue weighted by Gasteiger charge is 2.22. The SMILES string of the molecule is CCC(CC)N(CCCC(N)(C#N)CC)CCOC. The van der Waals surface area contributed by atoms with Crippen molar-refractivity contribution < 1.29 is 4.74 Å². The van der Waals surface area contributed by atoms with Crippen molar-refractivity contribution in [1.82, 2.24) is 4.90 Å². The molecule has 0 rings (SSSR count). The number of nitrogens with two attached hydrogens (primary N) is 1. The van der Waals surface area contributed by atoms with Gasteiger partial charge < -0.3 is 10.5 Å². The first-order valence-electron chi connectivity index (χ1n) is 7.49. The summed E-state index contributed by atoms with van der Waals surface area (Å²) in [7, 11) is 1.74. The topological polar surface area (TPSA) is 62.3 Å². The van der Waals surface area contributed by atoms with Gasteiger partial charge in [0.05, 0.1) is 12.7 Å². The molecule has 0 saturated heterocycles. The molecule has 4 heteroatoms. The molecule has 0 aromatic carbocycles. The molecule has 0 saturated carbocycles. The highest BCUT2D eigenvalue weighted by molar-refractivity contribution is 5.03. The van der Waals surface area contributed by atoms with Crippen molar-refractivity contribution in [3.63, 3.8) is 0 Å². The van der Waals surface area contributed by atoms with Crippen molar-refractivity contribution in [3.8, 4) is 6.07 Å². The minimum atomic E-state index is -0.652. The van der Waals surface area contributed by atoms with Crippen molar-refractivity contribution >= 4 is 0 Å². The van der Waals surface area contributed by atoms with E-state index in [1.807, 2.05) is 6.92 Å². The van der Waals surface area contributed by atoms with Gasteiger partial charge in [-0.2, -0.15) is 5.26 Å². The first-order chi connectivity index (χ1) is 9.06. The smallest absolute Gasteiger partial charge is 0.104 e. The van der Waals surface area contributed by atoms with E-state index >= 15 is 0 Å². The Morgan fingerprint density at radius 3 is 2.32 bits per heavy atom. The minimum absolute atomic E-state index is 0.603. The molecule has 0 aromatic rings. The lowest BCUT2D eigenvalue weighted by atomic mass is 9.93. The summed E-state index contributed by atoms with van der Waals surface area (Å²) in [6.07, 6.45) is 4.76. The van der Waals surface area contributed by atoms with Crippen LogP contribution in [-0.4, -0.2) is 43.3 Å². The van der Waals surface area contributed by atoms with Gasteiger partial charge in [0, 0.05) is 19.7 Å². The predicted molar refractivity (Wildman–Crippen MR) is 79.9 cm³/mol. The number of rotatable bonds is 11. The third kappa shape index (κ3) is 6.91. The maximum Gasteiger partial charge on any atom is 0.104 e. The fourth-order valence-electron chi connectivity index (χ4n) is 2.40. The van der Waals surface area contributed by atoms with E-state index in [4.69, 9.17) is 15.7 Å². The molecule has 4 nitrogen and oxygen atoms in total. The summed E-state index contributed by atoms with van der Waals surface area (Å²) < 4.78 is 5.18. The van der Waals surface area contributed by atoms with E-state index in [0.717, 1.165) is 45.4 Å². The molecule has 0 aliphatic heterocycles. The van der Waals surface area contributed by atoms with Gasteiger partial charge in [-0.05, 0) is 38.6 Å². The highest BCUT2D eigenvalue weighted by Crippen LogP contribution is 2.15. The maximum absolute atomic E-state index is 9.08. The lowest BCUT2D eigenvalue weighted by Crippen LogP contribution is -2.41. The molecule has 0 aliphatic rings. The third-order valence-corrected chi connectivity index (χ3v) is 3.96. The predicted octanol–water partition coefficient (Wildman–Crippen LogP) is 2.53. The van der Waals surface area contributed by atoms with E-state index in [9.17, 15) is 0 Å². The summed E-state index contributed by atoms with van der Waals surface area (Å²) in [5.74, 6) is 0. The average Bonchev–Trinajstić information content (AvgIpc) is 2.45. The molecule has 1 unspecified atom stereocenters. The van der Waals surface area contributed by atoms with Crippen molar-refractivity contribution in [2.24, 2.45) is 5.73 Å². The van der Waals surface area contributed by atoms with Crippen LogP contribution in [0, 0.1) is 11.3 Å². The molecule has 0 aliphatic carbocycles. The number of hydrogen-bond acceptors (Lipinski definition) is 4. The summed E-state index contributed by atoms with van der Waals surface area (Å²) in [5, 5.41) is 9.08. The third-order valence-electron chi connectivity index (χ3n) is 3.96. The van der Waals surface area contributed by atoms with Gasteiger partial charge in [0.25, 0.3) is 0 Å². The summed E-state index contributed by atoms with van der Waals surface area (Å²) in [6.45, 7) is 9.14. The van der Waals surface area contributed by atoms with E-state index in [1.54, 1.807) is 7.11 Å². The van der Waals surface area contributed by atoms with Crippen LogP contribution in [0.4, 0.5) is 0 Å². The van der Waals surface area contributed by atoms with Gasteiger partial charge in [0.2, 0.25) is 0 Å². The van der Waals surface area contributed by atoms with E-state index in [-0.39, 0.29) is 0 Å². The lowest BCUT2D eigenvalue weighted by molar-refractivity contribution is 0.112. The molecule has 0 aromatic heterocycles. The molecule has 0 radical (unpaired) electrons. The Labute approximate surface area is 118 Å². The molecular weight excluding hydrogens is 238 g/mol. The van der Waals surface area contributed by atoms with Gasteiger partial charge in [-0.15, -0.1) is 0 Å². The fraction of sp³-hybridized carbons (Fsp3) is 0.933. The molecule has 19 heavy (non-hydrogen) atoms. The largest absolute Gasteiger partial charge is 0.383 e. The summed E-state index contributed by atoms with van der Waals surface area (Å²) >= 11 is 0. The minimum Gasteiger partial charge on any atom is -0.383 e. The Kier molecular flexibility index (Phi) is 9.85. The van der Waals surface area contributed by atoms with Crippen LogP contribution in [-0.2, 0) is 4.74 Å². The Balaban J connectivity index is 4.29.